The SMILES string of the molecule is [C-]#[N+]c1ccc(OCc2ccccn2)c(Cl)c1. The molecule has 0 N–H and O–H groups in total. The topological polar surface area (TPSA) is 26.5 Å². The second-order valence-corrected chi connectivity index (χ2v) is 3.74. The molecular weight excluding hydrogens is 236 g/mol. The lowest BCUT2D eigenvalue weighted by atomic mass is 10.3. The number of hydrogen-bond donors (Lipinski definition) is 0. The van der Waals surface area contributed by atoms with Crippen LogP contribution in [0.15, 0.2) is 42.6 Å². The lowest BCUT2D eigenvalue weighted by Gasteiger charge is -2.07. The summed E-state index contributed by atoms with van der Waals surface area (Å²) in [5, 5.41) is 0.439. The van der Waals surface area contributed by atoms with Crippen LogP contribution >= 0.6 is 11.6 Å². The molecule has 3 nitrogen and oxygen atoms in total. The Morgan fingerprint density at radius 1 is 1.29 bits per heavy atom. The quantitative estimate of drug-likeness (QED) is 0.767. The van der Waals surface area contributed by atoms with Gasteiger partial charge in [-0.25, -0.2) is 4.85 Å². The van der Waals surface area contributed by atoms with E-state index in [9.17, 15) is 0 Å². The predicted octanol–water partition coefficient (Wildman–Crippen LogP) is 3.86. The average molecular weight is 245 g/mol. The molecule has 84 valence electrons. The highest BCUT2D eigenvalue weighted by Crippen LogP contribution is 2.29. The van der Waals surface area contributed by atoms with Gasteiger partial charge in [0.2, 0.25) is 0 Å². The Kier molecular flexibility index (Phi) is 3.59. The first-order chi connectivity index (χ1) is 8.29. The highest BCUT2D eigenvalue weighted by molar-refractivity contribution is 6.32. The molecule has 4 heteroatoms. The largest absolute Gasteiger partial charge is 0.486 e. The van der Waals surface area contributed by atoms with Gasteiger partial charge in [0.05, 0.1) is 17.3 Å². The van der Waals surface area contributed by atoms with Gasteiger partial charge in [0.15, 0.2) is 5.69 Å². The van der Waals surface area contributed by atoms with Crippen LogP contribution in [0.25, 0.3) is 4.85 Å². The fourth-order valence-corrected chi connectivity index (χ4v) is 1.54. The summed E-state index contributed by atoms with van der Waals surface area (Å²) in [5.41, 5.74) is 1.33. The lowest BCUT2D eigenvalue weighted by molar-refractivity contribution is 0.301. The molecule has 0 atom stereocenters. The Balaban J connectivity index is 2.08. The monoisotopic (exact) mass is 244 g/mol. The van der Waals surface area contributed by atoms with Gasteiger partial charge in [0.1, 0.15) is 12.4 Å². The molecule has 0 saturated heterocycles. The van der Waals surface area contributed by atoms with E-state index in [0.29, 0.717) is 23.1 Å². The van der Waals surface area contributed by atoms with Crippen LogP contribution in [0.2, 0.25) is 5.02 Å². The van der Waals surface area contributed by atoms with E-state index in [0.717, 1.165) is 5.69 Å². The maximum Gasteiger partial charge on any atom is 0.188 e. The summed E-state index contributed by atoms with van der Waals surface area (Å²) in [4.78, 5) is 7.43. The maximum absolute atomic E-state index is 6.86. The summed E-state index contributed by atoms with van der Waals surface area (Å²) in [6.45, 7) is 7.22. The molecule has 1 aromatic carbocycles. The van der Waals surface area contributed by atoms with Crippen LogP contribution < -0.4 is 4.74 Å². The standard InChI is InChI=1S/C13H9ClN2O/c1-15-10-5-6-13(12(14)8-10)17-9-11-4-2-3-7-16-11/h2-8H,9H2. The third kappa shape index (κ3) is 2.96. The molecule has 17 heavy (non-hydrogen) atoms. The van der Waals surface area contributed by atoms with Crippen LogP contribution in [0.4, 0.5) is 5.69 Å². The van der Waals surface area contributed by atoms with Gasteiger partial charge in [0.25, 0.3) is 0 Å². The van der Waals surface area contributed by atoms with Crippen LogP contribution in [0, 0.1) is 6.57 Å². The molecular formula is C13H9ClN2O. The Morgan fingerprint density at radius 2 is 2.18 bits per heavy atom. The molecule has 0 saturated carbocycles. The summed E-state index contributed by atoms with van der Waals surface area (Å²) in [7, 11) is 0. The summed E-state index contributed by atoms with van der Waals surface area (Å²) >= 11 is 5.99. The highest BCUT2D eigenvalue weighted by Gasteiger charge is 2.03. The fraction of sp³-hybridized carbons (Fsp3) is 0.0769. The van der Waals surface area contributed by atoms with Crippen molar-refractivity contribution >= 4 is 17.3 Å². The van der Waals surface area contributed by atoms with Crippen molar-refractivity contribution in [1.29, 1.82) is 0 Å². The molecule has 0 aliphatic rings. The molecule has 0 amide bonds. The fourth-order valence-electron chi connectivity index (χ4n) is 1.31. The molecule has 2 rings (SSSR count). The van der Waals surface area contributed by atoms with Gasteiger partial charge in [-0.1, -0.05) is 23.7 Å². The summed E-state index contributed by atoms with van der Waals surface area (Å²) in [6, 6.07) is 10.6. The van der Waals surface area contributed by atoms with Crippen molar-refractivity contribution in [3.8, 4) is 5.75 Å². The van der Waals surface area contributed by atoms with E-state index in [1.165, 1.54) is 0 Å². The molecule has 0 bridgehead atoms. The van der Waals surface area contributed by atoms with Gasteiger partial charge in [-0.2, -0.15) is 0 Å². The van der Waals surface area contributed by atoms with Crippen LogP contribution in [0.5, 0.6) is 5.75 Å². The van der Waals surface area contributed by atoms with Crippen LogP contribution in [-0.4, -0.2) is 4.98 Å². The number of nitrogens with zero attached hydrogens (tertiary/aromatic N) is 2. The molecule has 0 fully saturated rings. The van der Waals surface area contributed by atoms with Crippen molar-refractivity contribution in [3.05, 3.63) is 64.7 Å². The van der Waals surface area contributed by atoms with Gasteiger partial charge in [-0.15, -0.1) is 0 Å². The minimum absolute atomic E-state index is 0.359. The second kappa shape index (κ2) is 5.33. The van der Waals surface area contributed by atoms with Crippen molar-refractivity contribution in [2.24, 2.45) is 0 Å². The summed E-state index contributed by atoms with van der Waals surface area (Å²) < 4.78 is 5.52. The molecule has 1 aromatic heterocycles. The number of aromatic nitrogens is 1. The van der Waals surface area contributed by atoms with Gasteiger partial charge in [-0.05, 0) is 24.3 Å². The third-order valence-corrected chi connectivity index (χ3v) is 2.44. The molecule has 2 aromatic rings. The zero-order valence-corrected chi connectivity index (χ0v) is 9.69. The Bertz CT molecular complexity index is 549. The molecule has 0 aliphatic heterocycles. The first-order valence-corrected chi connectivity index (χ1v) is 5.37. The summed E-state index contributed by atoms with van der Waals surface area (Å²) in [6.07, 6.45) is 1.71. The molecule has 1 heterocycles. The number of rotatable bonds is 3. The van der Waals surface area contributed by atoms with E-state index in [4.69, 9.17) is 22.9 Å². The predicted molar refractivity (Wildman–Crippen MR) is 66.3 cm³/mol. The van der Waals surface area contributed by atoms with E-state index >= 15 is 0 Å². The molecule has 0 radical (unpaired) electrons. The van der Waals surface area contributed by atoms with Gasteiger partial charge >= 0.3 is 0 Å². The van der Waals surface area contributed by atoms with Crippen LogP contribution in [0.3, 0.4) is 0 Å². The minimum Gasteiger partial charge on any atom is -0.486 e. The highest BCUT2D eigenvalue weighted by atomic mass is 35.5. The number of ether oxygens (including phenoxy) is 1. The van der Waals surface area contributed by atoms with Crippen molar-refractivity contribution in [3.63, 3.8) is 0 Å². The number of hydrogen-bond acceptors (Lipinski definition) is 2. The number of pyridine rings is 1. The molecule has 0 aliphatic carbocycles. The van der Waals surface area contributed by atoms with E-state index in [-0.39, 0.29) is 0 Å². The third-order valence-electron chi connectivity index (χ3n) is 2.15. The second-order valence-electron chi connectivity index (χ2n) is 3.34. The van der Waals surface area contributed by atoms with E-state index in [2.05, 4.69) is 9.83 Å². The average Bonchev–Trinajstić information content (AvgIpc) is 2.38. The summed E-state index contributed by atoms with van der Waals surface area (Å²) in [5.74, 6) is 0.560. The van der Waals surface area contributed by atoms with Crippen LogP contribution in [0.1, 0.15) is 5.69 Å². The maximum atomic E-state index is 6.86. The van der Waals surface area contributed by atoms with Crippen molar-refractivity contribution in [2.45, 2.75) is 6.61 Å². The van der Waals surface area contributed by atoms with Crippen molar-refractivity contribution in [1.82, 2.24) is 4.98 Å². The van der Waals surface area contributed by atoms with Crippen molar-refractivity contribution < 1.29 is 4.74 Å². The van der Waals surface area contributed by atoms with Crippen molar-refractivity contribution in [2.75, 3.05) is 0 Å². The lowest BCUT2D eigenvalue weighted by Crippen LogP contribution is -1.97. The Morgan fingerprint density at radius 3 is 2.82 bits per heavy atom. The minimum atomic E-state index is 0.359. The smallest absolute Gasteiger partial charge is 0.188 e. The first kappa shape index (κ1) is 11.4. The van der Waals surface area contributed by atoms with Crippen LogP contribution in [-0.2, 0) is 6.61 Å². The zero-order chi connectivity index (χ0) is 12.1. The van der Waals surface area contributed by atoms with E-state index in [1.54, 1.807) is 24.4 Å². The Hall–Kier alpha value is -2.05. The van der Waals surface area contributed by atoms with Gasteiger partial charge in [-0.3, -0.25) is 4.98 Å². The van der Waals surface area contributed by atoms with E-state index < -0.39 is 0 Å². The first-order valence-electron chi connectivity index (χ1n) is 4.99. The number of benzene rings is 1. The molecule has 0 spiro atoms. The van der Waals surface area contributed by atoms with Gasteiger partial charge < -0.3 is 4.74 Å². The van der Waals surface area contributed by atoms with Gasteiger partial charge in [0, 0.05) is 6.20 Å². The molecule has 0 unspecified atom stereocenters. The zero-order valence-electron chi connectivity index (χ0n) is 8.93. The normalized spacial score (nSPS) is 9.65. The van der Waals surface area contributed by atoms with E-state index in [1.807, 2.05) is 18.2 Å². The number of halogens is 1. The Labute approximate surface area is 104 Å².